The molecule has 1 aliphatic heterocycles. The summed E-state index contributed by atoms with van der Waals surface area (Å²) in [4.78, 5) is 18.4. The fraction of sp³-hybridized carbons (Fsp3) is 0.160. The Morgan fingerprint density at radius 1 is 1.03 bits per heavy atom. The van der Waals surface area contributed by atoms with Crippen molar-refractivity contribution in [2.24, 2.45) is 0 Å². The van der Waals surface area contributed by atoms with E-state index in [1.165, 1.54) is 52.0 Å². The van der Waals surface area contributed by atoms with E-state index < -0.39 is 0 Å². The molecule has 0 saturated carbocycles. The molecule has 4 aromatic rings. The van der Waals surface area contributed by atoms with Gasteiger partial charge in [0.2, 0.25) is 0 Å². The first kappa shape index (κ1) is 18.6. The van der Waals surface area contributed by atoms with Gasteiger partial charge < -0.3 is 10.3 Å². The van der Waals surface area contributed by atoms with E-state index in [2.05, 4.69) is 58.6 Å². The molecule has 2 heterocycles. The Morgan fingerprint density at radius 2 is 1.77 bits per heavy atom. The van der Waals surface area contributed by atoms with Gasteiger partial charge in [0.25, 0.3) is 5.91 Å². The van der Waals surface area contributed by atoms with Crippen LogP contribution in [0.4, 0.5) is 10.1 Å². The summed E-state index contributed by atoms with van der Waals surface area (Å²) in [5.74, 6) is -0.612. The molecule has 1 aromatic heterocycles. The molecule has 1 unspecified atom stereocenters. The van der Waals surface area contributed by atoms with Gasteiger partial charge in [0.15, 0.2) is 0 Å². The number of halogens is 1. The fourth-order valence-corrected chi connectivity index (χ4v) is 4.34. The average molecular weight is 399 g/mol. The first-order chi connectivity index (χ1) is 14.6. The van der Waals surface area contributed by atoms with Crippen molar-refractivity contribution in [2.45, 2.75) is 12.5 Å². The third-order valence-corrected chi connectivity index (χ3v) is 5.87. The summed E-state index contributed by atoms with van der Waals surface area (Å²) in [5.41, 5.74) is 6.12. The molecule has 0 radical (unpaired) electrons. The Bertz CT molecular complexity index is 1210. The molecule has 5 heteroatoms. The molecule has 0 aliphatic carbocycles. The SMILES string of the molecule is CN1CCc2c([nH]c3ccccc23)C1c1ccc(NC(=O)c2ccc(F)cc2)cc1. The summed E-state index contributed by atoms with van der Waals surface area (Å²) in [5, 5.41) is 4.18. The Kier molecular flexibility index (Phi) is 4.60. The zero-order valence-corrected chi connectivity index (χ0v) is 16.7. The maximum Gasteiger partial charge on any atom is 0.255 e. The van der Waals surface area contributed by atoms with Crippen LogP contribution in [-0.4, -0.2) is 29.4 Å². The Morgan fingerprint density at radius 3 is 2.53 bits per heavy atom. The molecule has 5 rings (SSSR count). The number of hydrogen-bond donors (Lipinski definition) is 2. The second-order valence-corrected chi connectivity index (χ2v) is 7.78. The summed E-state index contributed by atoms with van der Waals surface area (Å²) in [6.07, 6.45) is 1.03. The van der Waals surface area contributed by atoms with Crippen LogP contribution in [0.3, 0.4) is 0 Å². The minimum atomic E-state index is -0.358. The van der Waals surface area contributed by atoms with Crippen molar-refractivity contribution in [2.75, 3.05) is 18.9 Å². The van der Waals surface area contributed by atoms with Gasteiger partial charge in [-0.1, -0.05) is 30.3 Å². The summed E-state index contributed by atoms with van der Waals surface area (Å²) < 4.78 is 13.1. The van der Waals surface area contributed by atoms with Crippen molar-refractivity contribution in [1.82, 2.24) is 9.88 Å². The highest BCUT2D eigenvalue weighted by Gasteiger charge is 2.29. The molecular weight excluding hydrogens is 377 g/mol. The van der Waals surface area contributed by atoms with Crippen molar-refractivity contribution in [3.05, 3.63) is 101 Å². The lowest BCUT2D eigenvalue weighted by Gasteiger charge is -2.33. The highest BCUT2D eigenvalue weighted by molar-refractivity contribution is 6.04. The summed E-state index contributed by atoms with van der Waals surface area (Å²) in [6.45, 7) is 0.989. The van der Waals surface area contributed by atoms with Crippen LogP contribution >= 0.6 is 0 Å². The van der Waals surface area contributed by atoms with Gasteiger partial charge in [-0.05, 0) is 67.1 Å². The summed E-state index contributed by atoms with van der Waals surface area (Å²) >= 11 is 0. The first-order valence-corrected chi connectivity index (χ1v) is 10.1. The van der Waals surface area contributed by atoms with Crippen molar-refractivity contribution in [1.29, 1.82) is 0 Å². The number of aromatic amines is 1. The van der Waals surface area contributed by atoms with Crippen molar-refractivity contribution in [3.8, 4) is 0 Å². The molecule has 2 N–H and O–H groups in total. The predicted molar refractivity (Wildman–Crippen MR) is 117 cm³/mol. The smallest absolute Gasteiger partial charge is 0.255 e. The number of likely N-dealkylation sites (N-methyl/N-ethyl adjacent to an activating group) is 1. The van der Waals surface area contributed by atoms with Gasteiger partial charge in [-0.15, -0.1) is 0 Å². The van der Waals surface area contributed by atoms with Gasteiger partial charge in [-0.3, -0.25) is 9.69 Å². The third kappa shape index (κ3) is 3.27. The van der Waals surface area contributed by atoms with E-state index in [4.69, 9.17) is 0 Å². The maximum atomic E-state index is 13.1. The number of anilines is 1. The van der Waals surface area contributed by atoms with E-state index in [1.807, 2.05) is 12.1 Å². The number of fused-ring (bicyclic) bond motifs is 3. The molecule has 0 saturated heterocycles. The molecule has 1 amide bonds. The second kappa shape index (κ2) is 7.43. The van der Waals surface area contributed by atoms with Crippen LogP contribution in [0.1, 0.15) is 33.2 Å². The van der Waals surface area contributed by atoms with Gasteiger partial charge in [0.05, 0.1) is 6.04 Å². The molecule has 0 spiro atoms. The Labute approximate surface area is 174 Å². The van der Waals surface area contributed by atoms with Crippen molar-refractivity contribution < 1.29 is 9.18 Å². The minimum absolute atomic E-state index is 0.142. The topological polar surface area (TPSA) is 48.1 Å². The number of H-pyrrole nitrogens is 1. The number of benzene rings is 3. The normalized spacial score (nSPS) is 16.4. The van der Waals surface area contributed by atoms with Gasteiger partial charge in [0, 0.05) is 34.4 Å². The number of para-hydroxylation sites is 1. The number of nitrogens with one attached hydrogen (secondary N) is 2. The zero-order chi connectivity index (χ0) is 20.7. The predicted octanol–water partition coefficient (Wildman–Crippen LogP) is 5.14. The van der Waals surface area contributed by atoms with Crippen LogP contribution in [0.5, 0.6) is 0 Å². The van der Waals surface area contributed by atoms with Crippen LogP contribution in [0.2, 0.25) is 0 Å². The van der Waals surface area contributed by atoms with Gasteiger partial charge in [-0.2, -0.15) is 0 Å². The van der Waals surface area contributed by atoms with Gasteiger partial charge in [-0.25, -0.2) is 4.39 Å². The zero-order valence-electron chi connectivity index (χ0n) is 16.7. The highest BCUT2D eigenvalue weighted by atomic mass is 19.1. The summed E-state index contributed by atoms with van der Waals surface area (Å²) in [6, 6.07) is 22.1. The number of carbonyl (C=O) groups excluding carboxylic acids is 1. The average Bonchev–Trinajstić information content (AvgIpc) is 3.13. The van der Waals surface area contributed by atoms with E-state index in [1.54, 1.807) is 0 Å². The van der Waals surface area contributed by atoms with Gasteiger partial charge >= 0.3 is 0 Å². The molecule has 4 nitrogen and oxygen atoms in total. The monoisotopic (exact) mass is 399 g/mol. The number of aromatic nitrogens is 1. The lowest BCUT2D eigenvalue weighted by molar-refractivity contribution is 0.102. The fourth-order valence-electron chi connectivity index (χ4n) is 4.34. The van der Waals surface area contributed by atoms with Crippen molar-refractivity contribution in [3.63, 3.8) is 0 Å². The standard InChI is InChI=1S/C25H22FN3O/c1-29-15-14-21-20-4-2-3-5-22(20)28-23(21)24(29)16-8-12-19(13-9-16)27-25(30)17-6-10-18(26)11-7-17/h2-13,24,28H,14-15H2,1H3,(H,27,30). The number of rotatable bonds is 3. The van der Waals surface area contributed by atoms with E-state index in [-0.39, 0.29) is 17.8 Å². The Balaban J connectivity index is 1.42. The highest BCUT2D eigenvalue weighted by Crippen LogP contribution is 2.37. The number of carbonyl (C=O) groups is 1. The second-order valence-electron chi connectivity index (χ2n) is 7.78. The first-order valence-electron chi connectivity index (χ1n) is 10.1. The molecule has 3 aromatic carbocycles. The van der Waals surface area contributed by atoms with Gasteiger partial charge in [0.1, 0.15) is 5.82 Å². The molecule has 150 valence electrons. The van der Waals surface area contributed by atoms with Crippen LogP contribution in [0.15, 0.2) is 72.8 Å². The van der Waals surface area contributed by atoms with E-state index in [9.17, 15) is 9.18 Å². The minimum Gasteiger partial charge on any atom is -0.357 e. The molecular formula is C25H22FN3O. The molecule has 1 atom stereocenters. The number of hydrogen-bond acceptors (Lipinski definition) is 2. The lowest BCUT2D eigenvalue weighted by Crippen LogP contribution is -2.32. The van der Waals surface area contributed by atoms with E-state index in [0.717, 1.165) is 13.0 Å². The third-order valence-electron chi connectivity index (χ3n) is 5.87. The lowest BCUT2D eigenvalue weighted by atomic mass is 9.93. The summed E-state index contributed by atoms with van der Waals surface area (Å²) in [7, 11) is 2.14. The number of nitrogens with zero attached hydrogens (tertiary/aromatic N) is 1. The van der Waals surface area contributed by atoms with Crippen LogP contribution in [-0.2, 0) is 6.42 Å². The Hall–Kier alpha value is -3.44. The molecule has 0 bridgehead atoms. The largest absolute Gasteiger partial charge is 0.357 e. The molecule has 30 heavy (non-hydrogen) atoms. The molecule has 1 aliphatic rings. The van der Waals surface area contributed by atoms with E-state index >= 15 is 0 Å². The van der Waals surface area contributed by atoms with Crippen LogP contribution < -0.4 is 5.32 Å². The quantitative estimate of drug-likeness (QED) is 0.501. The maximum absolute atomic E-state index is 13.1. The number of amides is 1. The van der Waals surface area contributed by atoms with Crippen LogP contribution in [0, 0.1) is 5.82 Å². The van der Waals surface area contributed by atoms with E-state index in [0.29, 0.717) is 11.3 Å². The molecule has 0 fully saturated rings. The van der Waals surface area contributed by atoms with Crippen molar-refractivity contribution >= 4 is 22.5 Å². The van der Waals surface area contributed by atoms with Crippen LogP contribution in [0.25, 0.3) is 10.9 Å².